The minimum atomic E-state index is -3.74. The Balaban J connectivity index is 1.44. The van der Waals surface area contributed by atoms with Crippen LogP contribution in [0.15, 0.2) is 114 Å². The lowest BCUT2D eigenvalue weighted by molar-refractivity contribution is 0.0940. The highest BCUT2D eigenvalue weighted by atomic mass is 32.2. The standard InChI is InChI=1S/C28H25N3O4S/c1-20(21-10-4-2-5-11-21)29-28(33)25-14-8-9-15-26(25)30-27(32)22-16-18-23(19-17-22)31-36(34,35)24-12-6-3-7-13-24/h2-20,31H,1H3,(H,29,33)(H,30,32)/t20-/m1/s1. The van der Waals surface area contributed by atoms with Crippen LogP contribution in [0.3, 0.4) is 0 Å². The van der Waals surface area contributed by atoms with Crippen molar-refractivity contribution in [1.82, 2.24) is 5.32 Å². The van der Waals surface area contributed by atoms with E-state index in [1.807, 2.05) is 37.3 Å². The maximum atomic E-state index is 12.9. The molecule has 0 aliphatic heterocycles. The van der Waals surface area contributed by atoms with Gasteiger partial charge in [0.15, 0.2) is 0 Å². The third-order valence-corrected chi connectivity index (χ3v) is 6.92. The smallest absolute Gasteiger partial charge is 0.261 e. The van der Waals surface area contributed by atoms with Crippen LogP contribution in [0.2, 0.25) is 0 Å². The van der Waals surface area contributed by atoms with Crippen molar-refractivity contribution in [3.05, 3.63) is 126 Å². The number of anilines is 2. The Hall–Kier alpha value is -4.43. The van der Waals surface area contributed by atoms with Crippen LogP contribution >= 0.6 is 0 Å². The van der Waals surface area contributed by atoms with Gasteiger partial charge >= 0.3 is 0 Å². The molecule has 0 bridgehead atoms. The Labute approximate surface area is 210 Å². The summed E-state index contributed by atoms with van der Waals surface area (Å²) in [5.41, 5.74) is 2.31. The van der Waals surface area contributed by atoms with Gasteiger partial charge in [0.25, 0.3) is 21.8 Å². The quantitative estimate of drug-likeness (QED) is 0.309. The molecule has 4 aromatic carbocycles. The Morgan fingerprint density at radius 1 is 0.694 bits per heavy atom. The molecule has 4 aromatic rings. The van der Waals surface area contributed by atoms with E-state index in [0.717, 1.165) is 5.56 Å². The molecule has 8 heteroatoms. The summed E-state index contributed by atoms with van der Waals surface area (Å²) < 4.78 is 27.5. The third kappa shape index (κ3) is 5.97. The first-order chi connectivity index (χ1) is 17.3. The summed E-state index contributed by atoms with van der Waals surface area (Å²) in [4.78, 5) is 25.9. The fourth-order valence-corrected chi connectivity index (χ4v) is 4.67. The van der Waals surface area contributed by atoms with Gasteiger partial charge in [-0.3, -0.25) is 14.3 Å². The summed E-state index contributed by atoms with van der Waals surface area (Å²) in [6.07, 6.45) is 0. The molecular weight excluding hydrogens is 474 g/mol. The number of carbonyl (C=O) groups excluding carboxylic acids is 2. The lowest BCUT2D eigenvalue weighted by Crippen LogP contribution is -2.28. The molecule has 0 saturated carbocycles. The Bertz CT molecular complexity index is 1460. The second kappa shape index (κ2) is 10.9. The molecule has 0 aliphatic carbocycles. The Kier molecular flexibility index (Phi) is 7.46. The molecule has 1 atom stereocenters. The van der Waals surface area contributed by atoms with Gasteiger partial charge in [-0.05, 0) is 61.0 Å². The number of para-hydroxylation sites is 1. The van der Waals surface area contributed by atoms with Gasteiger partial charge in [-0.2, -0.15) is 0 Å². The lowest BCUT2D eigenvalue weighted by Gasteiger charge is -2.16. The van der Waals surface area contributed by atoms with E-state index in [9.17, 15) is 18.0 Å². The predicted molar refractivity (Wildman–Crippen MR) is 140 cm³/mol. The van der Waals surface area contributed by atoms with Gasteiger partial charge < -0.3 is 10.6 Å². The SMILES string of the molecule is C[C@@H](NC(=O)c1ccccc1NC(=O)c1ccc(NS(=O)(=O)c2ccccc2)cc1)c1ccccc1. The average molecular weight is 500 g/mol. The molecule has 0 radical (unpaired) electrons. The second-order valence-corrected chi connectivity index (χ2v) is 9.78. The molecule has 36 heavy (non-hydrogen) atoms. The fraction of sp³-hybridized carbons (Fsp3) is 0.0714. The minimum Gasteiger partial charge on any atom is -0.345 e. The normalized spacial score (nSPS) is 11.8. The zero-order valence-electron chi connectivity index (χ0n) is 19.5. The summed E-state index contributed by atoms with van der Waals surface area (Å²) in [6, 6.07) is 30.2. The number of benzene rings is 4. The molecule has 4 rings (SSSR count). The van der Waals surface area contributed by atoms with Crippen molar-refractivity contribution < 1.29 is 18.0 Å². The summed E-state index contributed by atoms with van der Waals surface area (Å²) in [6.45, 7) is 1.89. The van der Waals surface area contributed by atoms with Gasteiger partial charge in [0.2, 0.25) is 0 Å². The highest BCUT2D eigenvalue weighted by Crippen LogP contribution is 2.20. The first kappa shape index (κ1) is 24.7. The molecule has 2 amide bonds. The maximum Gasteiger partial charge on any atom is 0.261 e. The van der Waals surface area contributed by atoms with Crippen molar-refractivity contribution in [2.75, 3.05) is 10.0 Å². The monoisotopic (exact) mass is 499 g/mol. The summed E-state index contributed by atoms with van der Waals surface area (Å²) in [7, 11) is -3.74. The number of amides is 2. The maximum absolute atomic E-state index is 12.9. The van der Waals surface area contributed by atoms with Crippen molar-refractivity contribution in [2.45, 2.75) is 17.9 Å². The highest BCUT2D eigenvalue weighted by molar-refractivity contribution is 7.92. The molecule has 7 nitrogen and oxygen atoms in total. The number of hydrogen-bond donors (Lipinski definition) is 3. The van der Waals surface area contributed by atoms with Crippen LogP contribution in [0, 0.1) is 0 Å². The summed E-state index contributed by atoms with van der Waals surface area (Å²) >= 11 is 0. The molecule has 0 fully saturated rings. The van der Waals surface area contributed by atoms with E-state index in [4.69, 9.17) is 0 Å². The van der Waals surface area contributed by atoms with Crippen molar-refractivity contribution in [1.29, 1.82) is 0 Å². The van der Waals surface area contributed by atoms with E-state index in [2.05, 4.69) is 15.4 Å². The van der Waals surface area contributed by atoms with Gasteiger partial charge in [-0.1, -0.05) is 60.7 Å². The molecule has 0 saturated heterocycles. The van der Waals surface area contributed by atoms with Gasteiger partial charge in [-0.25, -0.2) is 8.42 Å². The number of nitrogens with one attached hydrogen (secondary N) is 3. The third-order valence-electron chi connectivity index (χ3n) is 5.52. The average Bonchev–Trinajstić information content (AvgIpc) is 2.90. The zero-order valence-corrected chi connectivity index (χ0v) is 20.3. The minimum absolute atomic E-state index is 0.142. The van der Waals surface area contributed by atoms with E-state index >= 15 is 0 Å². The topological polar surface area (TPSA) is 104 Å². The first-order valence-electron chi connectivity index (χ1n) is 11.3. The molecule has 3 N–H and O–H groups in total. The van der Waals surface area contributed by atoms with Crippen LogP contribution in [0.1, 0.15) is 39.2 Å². The van der Waals surface area contributed by atoms with Crippen LogP contribution in [-0.4, -0.2) is 20.2 Å². The van der Waals surface area contributed by atoms with Crippen LogP contribution in [0.25, 0.3) is 0 Å². The number of sulfonamides is 1. The van der Waals surface area contributed by atoms with Crippen molar-refractivity contribution in [3.63, 3.8) is 0 Å². The van der Waals surface area contributed by atoms with Crippen molar-refractivity contribution in [2.24, 2.45) is 0 Å². The summed E-state index contributed by atoms with van der Waals surface area (Å²) in [5.74, 6) is -0.739. The Morgan fingerprint density at radius 2 is 1.28 bits per heavy atom. The molecule has 0 spiro atoms. The largest absolute Gasteiger partial charge is 0.345 e. The van der Waals surface area contributed by atoms with E-state index in [0.29, 0.717) is 22.5 Å². The van der Waals surface area contributed by atoms with E-state index in [-0.39, 0.29) is 16.8 Å². The highest BCUT2D eigenvalue weighted by Gasteiger charge is 2.17. The predicted octanol–water partition coefficient (Wildman–Crippen LogP) is 5.23. The number of carbonyl (C=O) groups is 2. The molecule has 0 unspecified atom stereocenters. The lowest BCUT2D eigenvalue weighted by atomic mass is 10.1. The van der Waals surface area contributed by atoms with Crippen molar-refractivity contribution in [3.8, 4) is 0 Å². The molecule has 0 aliphatic rings. The van der Waals surface area contributed by atoms with Crippen LogP contribution in [-0.2, 0) is 10.0 Å². The van der Waals surface area contributed by atoms with Crippen LogP contribution < -0.4 is 15.4 Å². The van der Waals surface area contributed by atoms with E-state index < -0.39 is 15.9 Å². The van der Waals surface area contributed by atoms with Gasteiger partial charge in [0, 0.05) is 11.3 Å². The number of hydrogen-bond acceptors (Lipinski definition) is 4. The molecule has 182 valence electrons. The van der Waals surface area contributed by atoms with Crippen LogP contribution in [0.4, 0.5) is 11.4 Å². The Morgan fingerprint density at radius 3 is 1.94 bits per heavy atom. The van der Waals surface area contributed by atoms with Gasteiger partial charge in [-0.15, -0.1) is 0 Å². The van der Waals surface area contributed by atoms with Crippen molar-refractivity contribution >= 4 is 33.2 Å². The van der Waals surface area contributed by atoms with Gasteiger partial charge in [0.1, 0.15) is 0 Å². The van der Waals surface area contributed by atoms with E-state index in [1.165, 1.54) is 36.4 Å². The van der Waals surface area contributed by atoms with Crippen LogP contribution in [0.5, 0.6) is 0 Å². The number of rotatable bonds is 8. The van der Waals surface area contributed by atoms with Gasteiger partial charge in [0.05, 0.1) is 22.2 Å². The molecule has 0 heterocycles. The summed E-state index contributed by atoms with van der Waals surface area (Å²) in [5, 5.41) is 5.73. The second-order valence-electron chi connectivity index (χ2n) is 8.10. The fourth-order valence-electron chi connectivity index (χ4n) is 3.59. The first-order valence-corrected chi connectivity index (χ1v) is 12.8. The van der Waals surface area contributed by atoms with E-state index in [1.54, 1.807) is 42.5 Å². The zero-order chi connectivity index (χ0) is 25.5. The molecular formula is C28H25N3O4S. The molecule has 0 aromatic heterocycles.